The molecule has 0 radical (unpaired) electrons. The Morgan fingerprint density at radius 1 is 1.11 bits per heavy atom. The van der Waals surface area contributed by atoms with Gasteiger partial charge in [0.1, 0.15) is 6.29 Å². The first-order valence-electron chi connectivity index (χ1n) is 13.4. The second-order valence-electron chi connectivity index (χ2n) is 9.73. The van der Waals surface area contributed by atoms with E-state index in [0.717, 1.165) is 37.1 Å². The van der Waals surface area contributed by atoms with Gasteiger partial charge in [-0.15, -0.1) is 0 Å². The van der Waals surface area contributed by atoms with Crippen molar-refractivity contribution in [3.63, 3.8) is 0 Å². The van der Waals surface area contributed by atoms with Crippen LogP contribution in [0.4, 0.5) is 0 Å². The third-order valence-corrected chi connectivity index (χ3v) is 6.89. The Kier molecular flexibility index (Phi) is 17.9. The molecule has 1 aromatic rings. The average Bonchev–Trinajstić information content (AvgIpc) is 2.94. The zero-order chi connectivity index (χ0) is 28.3. The van der Waals surface area contributed by atoms with Gasteiger partial charge in [0, 0.05) is 23.6 Å². The van der Waals surface area contributed by atoms with Gasteiger partial charge in [-0.05, 0) is 61.6 Å². The molecule has 0 aliphatic heterocycles. The molecule has 2 rings (SSSR count). The summed E-state index contributed by atoms with van der Waals surface area (Å²) in [5.74, 6) is -0.103. The van der Waals surface area contributed by atoms with E-state index in [1.165, 1.54) is 30.4 Å². The molecule has 0 saturated heterocycles. The summed E-state index contributed by atoms with van der Waals surface area (Å²) in [5.41, 5.74) is 2.86. The Morgan fingerprint density at radius 3 is 2.34 bits per heavy atom. The summed E-state index contributed by atoms with van der Waals surface area (Å²) in [4.78, 5) is 21.2. The van der Waals surface area contributed by atoms with E-state index in [1.54, 1.807) is 7.11 Å². The smallest absolute Gasteiger partial charge is 0.335 e. The molecule has 1 aliphatic rings. The van der Waals surface area contributed by atoms with Crippen LogP contribution in [0, 0.1) is 5.92 Å². The average molecular weight is 553 g/mol. The molecule has 7 nitrogen and oxygen atoms in total. The zero-order valence-electron chi connectivity index (χ0n) is 23.0. The molecule has 1 fully saturated rings. The highest BCUT2D eigenvalue weighted by Crippen LogP contribution is 2.36. The van der Waals surface area contributed by atoms with Crippen LogP contribution in [0.1, 0.15) is 68.9 Å². The molecular weight excluding hydrogens is 508 g/mol. The minimum absolute atomic E-state index is 0.0489. The molecule has 1 saturated carbocycles. The van der Waals surface area contributed by atoms with Gasteiger partial charge < -0.3 is 24.4 Å². The number of rotatable bonds is 16. The van der Waals surface area contributed by atoms with Crippen LogP contribution in [0.5, 0.6) is 0 Å². The van der Waals surface area contributed by atoms with Crippen molar-refractivity contribution >= 4 is 23.9 Å². The number of halogens is 1. The molecule has 0 aromatic heterocycles. The molecule has 1 aromatic carbocycles. The third-order valence-electron chi connectivity index (χ3n) is 6.54. The number of aliphatic hydroxyl groups excluding tert-OH is 2. The second kappa shape index (κ2) is 20.0. The van der Waals surface area contributed by atoms with E-state index in [4.69, 9.17) is 36.0 Å². The number of unbranched alkanes of at least 4 members (excludes halogenated alkanes) is 2. The predicted octanol–water partition coefficient (Wildman–Crippen LogP) is 5.20. The van der Waals surface area contributed by atoms with Crippen molar-refractivity contribution in [1.29, 1.82) is 0 Å². The van der Waals surface area contributed by atoms with Gasteiger partial charge >= 0.3 is 5.97 Å². The Morgan fingerprint density at radius 2 is 1.82 bits per heavy atom. The van der Waals surface area contributed by atoms with E-state index < -0.39 is 12.6 Å². The minimum Gasteiger partial charge on any atom is -0.462 e. The molecule has 2 N–H and O–H groups in total. The number of esters is 1. The molecule has 0 heterocycles. The maximum absolute atomic E-state index is 11.7. The zero-order valence-corrected chi connectivity index (χ0v) is 23.7. The maximum Gasteiger partial charge on any atom is 0.335 e. The number of aryl methyl sites for hydroxylation is 1. The number of aliphatic hydroxyl groups is 2. The Hall–Kier alpha value is -2.03. The number of hydrogen-bond donors (Lipinski definition) is 2. The molecular formula is C30H45ClO7. The summed E-state index contributed by atoms with van der Waals surface area (Å²) in [6, 6.07) is 6.62. The van der Waals surface area contributed by atoms with Crippen molar-refractivity contribution < 1.29 is 34.0 Å². The first-order valence-corrected chi connectivity index (χ1v) is 13.8. The van der Waals surface area contributed by atoms with Crippen LogP contribution in [-0.4, -0.2) is 68.7 Å². The van der Waals surface area contributed by atoms with Crippen LogP contribution in [-0.2, 0) is 30.2 Å². The summed E-state index contributed by atoms with van der Waals surface area (Å²) in [5, 5.41) is 17.9. The van der Waals surface area contributed by atoms with Crippen molar-refractivity contribution in [1.82, 2.24) is 0 Å². The number of benzene rings is 1. The van der Waals surface area contributed by atoms with E-state index >= 15 is 0 Å². The first kappa shape index (κ1) is 34.0. The van der Waals surface area contributed by atoms with Crippen molar-refractivity contribution in [3.8, 4) is 0 Å². The van der Waals surface area contributed by atoms with Crippen LogP contribution < -0.4 is 0 Å². The van der Waals surface area contributed by atoms with Gasteiger partial charge in [0.2, 0.25) is 0 Å². The molecule has 214 valence electrons. The number of methoxy groups -OCH3 is 1. The number of carbonyl (C=O) groups is 2. The first-order chi connectivity index (χ1) is 18.3. The van der Waals surface area contributed by atoms with Crippen LogP contribution in [0.2, 0.25) is 5.02 Å². The monoisotopic (exact) mass is 552 g/mol. The van der Waals surface area contributed by atoms with Crippen molar-refractivity contribution in [2.75, 3.05) is 40.1 Å². The summed E-state index contributed by atoms with van der Waals surface area (Å²) in [7, 11) is 1.62. The number of aldehydes is 1. The lowest BCUT2D eigenvalue weighted by atomic mass is 9.82. The molecule has 1 aliphatic carbocycles. The molecule has 8 heteroatoms. The fraction of sp³-hybridized carbons (Fsp3) is 0.600. The van der Waals surface area contributed by atoms with E-state index in [1.807, 2.05) is 0 Å². The normalized spacial score (nSPS) is 17.6. The highest BCUT2D eigenvalue weighted by Gasteiger charge is 2.24. The lowest BCUT2D eigenvalue weighted by Crippen LogP contribution is -2.28. The lowest BCUT2D eigenvalue weighted by molar-refractivity contribution is -0.142. The highest BCUT2D eigenvalue weighted by molar-refractivity contribution is 6.31. The topological polar surface area (TPSA) is 102 Å². The summed E-state index contributed by atoms with van der Waals surface area (Å²) in [6.07, 6.45) is 9.61. The van der Waals surface area contributed by atoms with Crippen molar-refractivity contribution in [2.45, 2.75) is 70.3 Å². The molecule has 1 atom stereocenters. The van der Waals surface area contributed by atoms with Gasteiger partial charge in [0.15, 0.2) is 0 Å². The second-order valence-corrected chi connectivity index (χ2v) is 10.1. The maximum atomic E-state index is 11.7. The lowest BCUT2D eigenvalue weighted by Gasteiger charge is -2.30. The number of ether oxygens (including phenoxy) is 3. The van der Waals surface area contributed by atoms with Gasteiger partial charge in [-0.25, -0.2) is 4.79 Å². The minimum atomic E-state index is -0.579. The summed E-state index contributed by atoms with van der Waals surface area (Å²) >= 11 is 6.56. The Bertz CT molecular complexity index is 862. The van der Waals surface area contributed by atoms with Crippen LogP contribution >= 0.6 is 11.6 Å². The van der Waals surface area contributed by atoms with Crippen molar-refractivity contribution in [3.05, 3.63) is 58.7 Å². The molecule has 0 spiro atoms. The SMILES string of the molecule is C=C(C=O)CO.C=C(CO)C(=O)OCC(COC)COC1CCC(c2ccc(CCCCC)c(Cl)c2)CC1. The van der Waals surface area contributed by atoms with Crippen LogP contribution in [0.15, 0.2) is 42.5 Å². The summed E-state index contributed by atoms with van der Waals surface area (Å²) < 4.78 is 16.6. The van der Waals surface area contributed by atoms with E-state index in [0.29, 0.717) is 25.4 Å². The van der Waals surface area contributed by atoms with Crippen molar-refractivity contribution in [2.24, 2.45) is 5.92 Å². The molecule has 0 bridgehead atoms. The Labute approximate surface area is 232 Å². The Balaban J connectivity index is 0.00000107. The predicted molar refractivity (Wildman–Crippen MR) is 150 cm³/mol. The van der Waals surface area contributed by atoms with Crippen LogP contribution in [0.3, 0.4) is 0 Å². The van der Waals surface area contributed by atoms with Crippen LogP contribution in [0.25, 0.3) is 0 Å². The van der Waals surface area contributed by atoms with E-state index in [2.05, 4.69) is 38.3 Å². The quantitative estimate of drug-likeness (QED) is 0.126. The molecule has 38 heavy (non-hydrogen) atoms. The fourth-order valence-electron chi connectivity index (χ4n) is 4.20. The molecule has 0 amide bonds. The summed E-state index contributed by atoms with van der Waals surface area (Å²) in [6.45, 7) is 9.33. The van der Waals surface area contributed by atoms with Gasteiger partial charge in [0.05, 0.1) is 44.7 Å². The van der Waals surface area contributed by atoms with Gasteiger partial charge in [0.25, 0.3) is 0 Å². The van der Waals surface area contributed by atoms with Gasteiger partial charge in [-0.2, -0.15) is 0 Å². The molecule has 1 unspecified atom stereocenters. The standard InChI is InChI=1S/C26H39ClO5.C4H6O2/c1-4-5-6-7-22-8-9-23(14-25(22)27)21-10-12-24(13-11-21)31-17-20(16-30-3)18-32-26(29)19(2)15-28;1-4(2-5)3-6/h8-9,14,20-21,24,28H,2,4-7,10-13,15-18H2,1,3H3;2,6H,1,3H2. The van der Waals surface area contributed by atoms with Gasteiger partial charge in [-0.3, -0.25) is 4.79 Å². The van der Waals surface area contributed by atoms with E-state index in [9.17, 15) is 9.59 Å². The largest absolute Gasteiger partial charge is 0.462 e. The number of carbonyl (C=O) groups excluding carboxylic acids is 2. The fourth-order valence-corrected chi connectivity index (χ4v) is 4.48. The highest BCUT2D eigenvalue weighted by atomic mass is 35.5. The van der Waals surface area contributed by atoms with E-state index in [-0.39, 0.29) is 36.4 Å². The third kappa shape index (κ3) is 13.2. The van der Waals surface area contributed by atoms with Gasteiger partial charge in [-0.1, -0.05) is 56.7 Å². The number of hydrogen-bond acceptors (Lipinski definition) is 7.